The number of aromatic nitrogens is 3. The van der Waals surface area contributed by atoms with Gasteiger partial charge in [-0.2, -0.15) is 5.10 Å². The molecule has 1 aliphatic rings. The van der Waals surface area contributed by atoms with Crippen LogP contribution in [-0.2, 0) is 14.3 Å². The fourth-order valence-electron chi connectivity index (χ4n) is 2.73. The van der Waals surface area contributed by atoms with Crippen molar-refractivity contribution in [2.75, 3.05) is 17.4 Å². The number of amides is 1. The van der Waals surface area contributed by atoms with Crippen LogP contribution in [0.4, 0.5) is 10.3 Å². The van der Waals surface area contributed by atoms with Crippen molar-refractivity contribution in [3.8, 4) is 0 Å². The normalized spacial score (nSPS) is 15.6. The van der Waals surface area contributed by atoms with Gasteiger partial charge in [0.05, 0.1) is 19.2 Å². The number of rotatable bonds is 6. The van der Waals surface area contributed by atoms with Crippen molar-refractivity contribution in [3.63, 3.8) is 0 Å². The van der Waals surface area contributed by atoms with Crippen molar-refractivity contribution in [3.05, 3.63) is 42.2 Å². The molecule has 29 heavy (non-hydrogen) atoms. The number of thioether (sulfide) groups is 1. The van der Waals surface area contributed by atoms with Gasteiger partial charge < -0.3 is 10.1 Å². The molecule has 0 spiro atoms. The standard InChI is InChI=1S/C18H15N6O3S2/c1-27-14(26)7-6-13(25)21-17-22-23-18(29-17)24-16(28-10-20-24)15-12-5-3-2-4-11(12)8-9-19-15/h2-5,8-9,16H,6-7H2,1H3,(H,21,22,25). The Hall–Kier alpha value is -3.05. The van der Waals surface area contributed by atoms with E-state index in [0.717, 1.165) is 16.5 Å². The van der Waals surface area contributed by atoms with E-state index in [1.807, 2.05) is 30.3 Å². The Kier molecular flexibility index (Phi) is 5.67. The first-order valence-electron chi connectivity index (χ1n) is 8.60. The number of hydrazone groups is 1. The Morgan fingerprint density at radius 2 is 2.10 bits per heavy atom. The maximum absolute atomic E-state index is 12.0. The van der Waals surface area contributed by atoms with E-state index >= 15 is 0 Å². The van der Waals surface area contributed by atoms with Gasteiger partial charge in [0, 0.05) is 18.0 Å². The summed E-state index contributed by atoms with van der Waals surface area (Å²) in [6.07, 6.45) is 1.78. The van der Waals surface area contributed by atoms with Gasteiger partial charge in [0.2, 0.25) is 16.2 Å². The van der Waals surface area contributed by atoms with Crippen LogP contribution in [0.1, 0.15) is 23.9 Å². The molecule has 9 nitrogen and oxygen atoms in total. The summed E-state index contributed by atoms with van der Waals surface area (Å²) in [5.41, 5.74) is 3.75. The number of carbonyl (C=O) groups excluding carboxylic acids is 2. The molecule has 1 atom stereocenters. The Bertz CT molecular complexity index is 1080. The number of nitrogens with one attached hydrogen (secondary N) is 1. The lowest BCUT2D eigenvalue weighted by Crippen LogP contribution is -2.18. The highest BCUT2D eigenvalue weighted by molar-refractivity contribution is 8.12. The molecule has 1 amide bonds. The minimum atomic E-state index is -0.442. The van der Waals surface area contributed by atoms with E-state index in [2.05, 4.69) is 35.9 Å². The van der Waals surface area contributed by atoms with E-state index in [1.54, 1.807) is 11.2 Å². The number of ether oxygens (including phenoxy) is 1. The summed E-state index contributed by atoms with van der Waals surface area (Å²) in [5.74, 6) is -0.779. The summed E-state index contributed by atoms with van der Waals surface area (Å²) in [5, 5.41) is 19.4. The number of fused-ring (bicyclic) bond motifs is 1. The third-order valence-corrected chi connectivity index (χ3v) is 5.78. The van der Waals surface area contributed by atoms with Gasteiger partial charge in [-0.3, -0.25) is 14.6 Å². The van der Waals surface area contributed by atoms with E-state index < -0.39 is 5.97 Å². The zero-order valence-corrected chi connectivity index (χ0v) is 16.9. The zero-order valence-electron chi connectivity index (χ0n) is 15.2. The molecule has 0 saturated heterocycles. The highest BCUT2D eigenvalue weighted by Gasteiger charge is 2.31. The smallest absolute Gasteiger partial charge is 0.306 e. The van der Waals surface area contributed by atoms with Crippen molar-refractivity contribution in [1.29, 1.82) is 0 Å². The average Bonchev–Trinajstić information content (AvgIpc) is 3.41. The third-order valence-electron chi connectivity index (χ3n) is 4.11. The van der Waals surface area contributed by atoms with Crippen LogP contribution in [0.25, 0.3) is 10.8 Å². The molecule has 3 heterocycles. The molecule has 3 aromatic rings. The van der Waals surface area contributed by atoms with Crippen LogP contribution in [-0.4, -0.2) is 39.7 Å². The fraction of sp³-hybridized carbons (Fsp3) is 0.222. The predicted octanol–water partition coefficient (Wildman–Crippen LogP) is 3.05. The van der Waals surface area contributed by atoms with Gasteiger partial charge in [0.1, 0.15) is 5.37 Å². The largest absolute Gasteiger partial charge is 0.469 e. The van der Waals surface area contributed by atoms with Crippen molar-refractivity contribution in [2.24, 2.45) is 5.10 Å². The first kappa shape index (κ1) is 19.3. The van der Waals surface area contributed by atoms with E-state index in [1.165, 1.54) is 30.2 Å². The van der Waals surface area contributed by atoms with Crippen LogP contribution in [0.15, 0.2) is 41.6 Å². The topological polar surface area (TPSA) is 110 Å². The first-order chi connectivity index (χ1) is 14.2. The Labute approximate surface area is 174 Å². The summed E-state index contributed by atoms with van der Waals surface area (Å²) in [4.78, 5) is 27.7. The molecule has 4 rings (SSSR count). The van der Waals surface area contributed by atoms with E-state index in [-0.39, 0.29) is 24.1 Å². The summed E-state index contributed by atoms with van der Waals surface area (Å²) in [7, 11) is 1.28. The molecule has 11 heteroatoms. The van der Waals surface area contributed by atoms with Crippen LogP contribution in [0.2, 0.25) is 0 Å². The summed E-state index contributed by atoms with van der Waals surface area (Å²) >= 11 is 2.58. The number of benzene rings is 1. The van der Waals surface area contributed by atoms with E-state index in [9.17, 15) is 9.59 Å². The highest BCUT2D eigenvalue weighted by atomic mass is 32.2. The monoisotopic (exact) mass is 427 g/mol. The lowest BCUT2D eigenvalue weighted by atomic mass is 10.1. The van der Waals surface area contributed by atoms with Gasteiger partial charge in [0.15, 0.2) is 5.55 Å². The van der Waals surface area contributed by atoms with Crippen molar-refractivity contribution in [2.45, 2.75) is 18.2 Å². The summed E-state index contributed by atoms with van der Waals surface area (Å²) < 4.78 is 4.53. The molecule has 2 aromatic heterocycles. The molecule has 1 unspecified atom stereocenters. The molecule has 1 radical (unpaired) electrons. The summed E-state index contributed by atoms with van der Waals surface area (Å²) in [6, 6.07) is 9.95. The molecular formula is C18H15N6O3S2. The molecule has 0 fully saturated rings. The van der Waals surface area contributed by atoms with E-state index in [0.29, 0.717) is 10.3 Å². The molecular weight excluding hydrogens is 412 g/mol. The number of methoxy groups -OCH3 is 1. The maximum Gasteiger partial charge on any atom is 0.306 e. The van der Waals surface area contributed by atoms with Crippen LogP contribution < -0.4 is 10.3 Å². The SMILES string of the molecule is COC(=O)CCC(=O)Nc1nnc(N2N=[C]SC2c2nccc3ccccc23)s1. The van der Waals surface area contributed by atoms with Crippen LogP contribution in [0, 0.1) is 0 Å². The third kappa shape index (κ3) is 4.20. The van der Waals surface area contributed by atoms with Gasteiger partial charge in [-0.15, -0.1) is 10.2 Å². The number of hydrogen-bond donors (Lipinski definition) is 1. The lowest BCUT2D eigenvalue weighted by molar-refractivity contribution is -0.141. The van der Waals surface area contributed by atoms with Crippen LogP contribution >= 0.6 is 23.1 Å². The van der Waals surface area contributed by atoms with Gasteiger partial charge in [-0.1, -0.05) is 47.4 Å². The number of pyridine rings is 1. The first-order valence-corrected chi connectivity index (χ1v) is 10.3. The van der Waals surface area contributed by atoms with Gasteiger partial charge in [-0.25, -0.2) is 5.01 Å². The second-order valence-corrected chi connectivity index (χ2v) is 7.76. The van der Waals surface area contributed by atoms with Gasteiger partial charge in [-0.05, 0) is 11.5 Å². The van der Waals surface area contributed by atoms with Crippen molar-refractivity contribution >= 4 is 61.6 Å². The Morgan fingerprint density at radius 1 is 1.24 bits per heavy atom. The minimum Gasteiger partial charge on any atom is -0.469 e. The van der Waals surface area contributed by atoms with E-state index in [4.69, 9.17) is 0 Å². The molecule has 0 saturated carbocycles. The van der Waals surface area contributed by atoms with Crippen molar-refractivity contribution < 1.29 is 14.3 Å². The maximum atomic E-state index is 12.0. The number of esters is 1. The molecule has 147 valence electrons. The number of anilines is 2. The van der Waals surface area contributed by atoms with Gasteiger partial charge >= 0.3 is 5.97 Å². The lowest BCUT2D eigenvalue weighted by Gasteiger charge is -2.20. The number of hydrogen-bond acceptors (Lipinski definition) is 10. The molecule has 0 aliphatic carbocycles. The fourth-order valence-corrected chi connectivity index (χ4v) is 4.32. The minimum absolute atomic E-state index is 0.00480. The predicted molar refractivity (Wildman–Crippen MR) is 112 cm³/mol. The second-order valence-electron chi connectivity index (χ2n) is 5.94. The molecule has 0 bridgehead atoms. The van der Waals surface area contributed by atoms with Gasteiger partial charge in [0.25, 0.3) is 0 Å². The van der Waals surface area contributed by atoms with Crippen LogP contribution in [0.3, 0.4) is 0 Å². The zero-order chi connectivity index (χ0) is 20.2. The molecule has 1 aliphatic heterocycles. The summed E-state index contributed by atoms with van der Waals surface area (Å²) in [6.45, 7) is 0. The Morgan fingerprint density at radius 3 is 2.97 bits per heavy atom. The Balaban J connectivity index is 1.50. The quantitative estimate of drug-likeness (QED) is 0.598. The van der Waals surface area contributed by atoms with Crippen LogP contribution in [0.5, 0.6) is 0 Å². The molecule has 1 N–H and O–H groups in total. The number of nitrogens with zero attached hydrogens (tertiary/aromatic N) is 5. The highest BCUT2D eigenvalue weighted by Crippen LogP contribution is 2.42. The molecule has 1 aromatic carbocycles. The second kappa shape index (κ2) is 8.53. The van der Waals surface area contributed by atoms with Crippen molar-refractivity contribution in [1.82, 2.24) is 15.2 Å². The average molecular weight is 427 g/mol. The number of carbonyl (C=O) groups is 2.